The molecule has 4 heteroatoms. The quantitative estimate of drug-likeness (QED) is 0.557. The van der Waals surface area contributed by atoms with Crippen LogP contribution in [0.25, 0.3) is 32.9 Å². The third-order valence-electron chi connectivity index (χ3n) is 3.92. The molecular weight excluding hydrogens is 292 g/mol. The van der Waals surface area contributed by atoms with Gasteiger partial charge in [-0.25, -0.2) is 0 Å². The van der Waals surface area contributed by atoms with E-state index in [9.17, 15) is 15.0 Å². The van der Waals surface area contributed by atoms with Gasteiger partial charge in [-0.1, -0.05) is 42.5 Å². The highest BCUT2D eigenvalue weighted by molar-refractivity contribution is 5.98. The van der Waals surface area contributed by atoms with Crippen LogP contribution in [-0.2, 0) is 0 Å². The van der Waals surface area contributed by atoms with Gasteiger partial charge in [-0.3, -0.25) is 4.79 Å². The molecule has 0 fully saturated rings. The Balaban J connectivity index is 2.10. The van der Waals surface area contributed by atoms with Crippen molar-refractivity contribution in [1.29, 1.82) is 0 Å². The van der Waals surface area contributed by atoms with Gasteiger partial charge < -0.3 is 14.6 Å². The number of hydrogen-bond donors (Lipinski definition) is 2. The van der Waals surface area contributed by atoms with Crippen LogP contribution in [0.2, 0.25) is 0 Å². The summed E-state index contributed by atoms with van der Waals surface area (Å²) >= 11 is 0. The SMILES string of the molecule is O=c1c(-c2cccc3ccccc23)coc2c(O)cc(O)cc12. The summed E-state index contributed by atoms with van der Waals surface area (Å²) in [5, 5.41) is 21.5. The molecule has 0 saturated carbocycles. The van der Waals surface area contributed by atoms with Crippen molar-refractivity contribution in [2.75, 3.05) is 0 Å². The zero-order chi connectivity index (χ0) is 16.0. The molecule has 112 valence electrons. The highest BCUT2D eigenvalue weighted by Gasteiger charge is 2.14. The van der Waals surface area contributed by atoms with E-state index in [0.717, 1.165) is 22.4 Å². The fraction of sp³-hybridized carbons (Fsp3) is 0. The maximum absolute atomic E-state index is 12.8. The van der Waals surface area contributed by atoms with Crippen molar-refractivity contribution < 1.29 is 14.6 Å². The van der Waals surface area contributed by atoms with E-state index in [-0.39, 0.29) is 27.9 Å². The summed E-state index contributed by atoms with van der Waals surface area (Å²) < 4.78 is 5.45. The average Bonchev–Trinajstić information content (AvgIpc) is 2.55. The Morgan fingerprint density at radius 2 is 1.61 bits per heavy atom. The Kier molecular flexibility index (Phi) is 2.84. The Hall–Kier alpha value is -3.27. The lowest BCUT2D eigenvalue weighted by Crippen LogP contribution is -2.05. The fourth-order valence-electron chi connectivity index (χ4n) is 2.85. The van der Waals surface area contributed by atoms with Crippen molar-refractivity contribution >= 4 is 21.7 Å². The molecule has 0 aliphatic rings. The fourth-order valence-corrected chi connectivity index (χ4v) is 2.85. The maximum atomic E-state index is 12.8. The predicted molar refractivity (Wildman–Crippen MR) is 88.8 cm³/mol. The van der Waals surface area contributed by atoms with Crippen LogP contribution < -0.4 is 5.43 Å². The van der Waals surface area contributed by atoms with Crippen molar-refractivity contribution in [2.45, 2.75) is 0 Å². The van der Waals surface area contributed by atoms with E-state index in [1.54, 1.807) is 0 Å². The maximum Gasteiger partial charge on any atom is 0.200 e. The molecule has 0 radical (unpaired) electrons. The third-order valence-corrected chi connectivity index (χ3v) is 3.92. The summed E-state index contributed by atoms with van der Waals surface area (Å²) in [6.45, 7) is 0. The highest BCUT2D eigenvalue weighted by atomic mass is 16.3. The topological polar surface area (TPSA) is 70.7 Å². The highest BCUT2D eigenvalue weighted by Crippen LogP contribution is 2.32. The molecule has 4 aromatic rings. The van der Waals surface area contributed by atoms with Crippen LogP contribution in [-0.4, -0.2) is 10.2 Å². The van der Waals surface area contributed by atoms with Gasteiger partial charge in [0.2, 0.25) is 5.43 Å². The molecule has 4 rings (SSSR count). The van der Waals surface area contributed by atoms with Crippen LogP contribution in [0.4, 0.5) is 0 Å². The minimum atomic E-state index is -0.297. The molecule has 1 aromatic heterocycles. The summed E-state index contributed by atoms with van der Waals surface area (Å²) in [7, 11) is 0. The first-order valence-electron chi connectivity index (χ1n) is 7.11. The number of hydrogen-bond acceptors (Lipinski definition) is 4. The molecule has 0 saturated heterocycles. The summed E-state index contributed by atoms with van der Waals surface area (Å²) in [5.41, 5.74) is 0.909. The first-order chi connectivity index (χ1) is 11.1. The second-order valence-corrected chi connectivity index (χ2v) is 5.35. The van der Waals surface area contributed by atoms with Crippen molar-refractivity contribution in [3.05, 3.63) is 71.1 Å². The molecule has 3 aromatic carbocycles. The zero-order valence-corrected chi connectivity index (χ0v) is 12.0. The summed E-state index contributed by atoms with van der Waals surface area (Å²) in [6, 6.07) is 15.9. The van der Waals surface area contributed by atoms with Gasteiger partial charge in [-0.2, -0.15) is 0 Å². The van der Waals surface area contributed by atoms with Crippen molar-refractivity contribution in [3.63, 3.8) is 0 Å². The predicted octanol–water partition coefficient (Wildman–Crippen LogP) is 4.02. The first kappa shape index (κ1) is 13.4. The van der Waals surface area contributed by atoms with E-state index in [4.69, 9.17) is 4.42 Å². The summed E-state index contributed by atoms with van der Waals surface area (Å²) in [4.78, 5) is 12.8. The van der Waals surface area contributed by atoms with Crippen LogP contribution in [0.15, 0.2) is 70.1 Å². The minimum absolute atomic E-state index is 0.0665. The Morgan fingerprint density at radius 3 is 2.48 bits per heavy atom. The van der Waals surface area contributed by atoms with Gasteiger partial charge in [0, 0.05) is 6.07 Å². The van der Waals surface area contributed by atoms with E-state index in [2.05, 4.69) is 0 Å². The molecule has 0 aliphatic carbocycles. The summed E-state index contributed by atoms with van der Waals surface area (Å²) in [5.74, 6) is -0.445. The third kappa shape index (κ3) is 2.04. The lowest BCUT2D eigenvalue weighted by molar-refractivity contribution is 0.444. The standard InChI is InChI=1S/C19H12O4/c20-12-8-15-18(22)16(10-23-19(15)17(21)9-12)14-7-3-5-11-4-1-2-6-13(11)14/h1-10,20-21H. The van der Waals surface area contributed by atoms with Crippen LogP contribution in [0, 0.1) is 0 Å². The van der Waals surface area contributed by atoms with Gasteiger partial charge >= 0.3 is 0 Å². The number of phenolic OH excluding ortho intramolecular Hbond substituents is 2. The van der Waals surface area contributed by atoms with Crippen LogP contribution in [0.3, 0.4) is 0 Å². The van der Waals surface area contributed by atoms with E-state index < -0.39 is 0 Å². The van der Waals surface area contributed by atoms with Crippen LogP contribution >= 0.6 is 0 Å². The smallest absolute Gasteiger partial charge is 0.200 e. The Bertz CT molecular complexity index is 1100. The molecule has 23 heavy (non-hydrogen) atoms. The molecular formula is C19H12O4. The largest absolute Gasteiger partial charge is 0.508 e. The second kappa shape index (κ2) is 4.88. The number of rotatable bonds is 1. The lowest BCUT2D eigenvalue weighted by Gasteiger charge is -2.07. The van der Waals surface area contributed by atoms with Crippen molar-refractivity contribution in [2.24, 2.45) is 0 Å². The van der Waals surface area contributed by atoms with Gasteiger partial charge in [0.05, 0.1) is 10.9 Å². The van der Waals surface area contributed by atoms with Gasteiger partial charge in [0.25, 0.3) is 0 Å². The van der Waals surface area contributed by atoms with E-state index in [1.807, 2.05) is 42.5 Å². The van der Waals surface area contributed by atoms with Gasteiger partial charge in [-0.15, -0.1) is 0 Å². The van der Waals surface area contributed by atoms with Crippen molar-refractivity contribution in [1.82, 2.24) is 0 Å². The average molecular weight is 304 g/mol. The van der Waals surface area contributed by atoms with Crippen LogP contribution in [0.5, 0.6) is 11.5 Å². The number of phenols is 2. The minimum Gasteiger partial charge on any atom is -0.508 e. The van der Waals surface area contributed by atoms with Crippen LogP contribution in [0.1, 0.15) is 0 Å². The zero-order valence-electron chi connectivity index (χ0n) is 12.0. The summed E-state index contributed by atoms with van der Waals surface area (Å²) in [6.07, 6.45) is 1.35. The molecule has 4 nitrogen and oxygen atoms in total. The molecule has 0 atom stereocenters. The van der Waals surface area contributed by atoms with Crippen molar-refractivity contribution in [3.8, 4) is 22.6 Å². The number of aromatic hydroxyl groups is 2. The normalized spacial score (nSPS) is 11.1. The molecule has 0 unspecified atom stereocenters. The van der Waals surface area contributed by atoms with Gasteiger partial charge in [-0.05, 0) is 22.4 Å². The molecule has 0 amide bonds. The van der Waals surface area contributed by atoms with Gasteiger partial charge in [0.15, 0.2) is 11.3 Å². The Morgan fingerprint density at radius 1 is 0.826 bits per heavy atom. The monoisotopic (exact) mass is 304 g/mol. The van der Waals surface area contributed by atoms with E-state index in [0.29, 0.717) is 5.56 Å². The Labute approximate surface area is 130 Å². The number of benzene rings is 3. The second-order valence-electron chi connectivity index (χ2n) is 5.35. The lowest BCUT2D eigenvalue weighted by atomic mass is 9.98. The molecule has 0 aliphatic heterocycles. The molecule has 0 spiro atoms. The number of fused-ring (bicyclic) bond motifs is 2. The first-order valence-corrected chi connectivity index (χ1v) is 7.11. The van der Waals surface area contributed by atoms with Gasteiger partial charge in [0.1, 0.15) is 12.0 Å². The molecule has 1 heterocycles. The molecule has 2 N–H and O–H groups in total. The van der Waals surface area contributed by atoms with E-state index in [1.165, 1.54) is 12.3 Å². The molecule has 0 bridgehead atoms. The van der Waals surface area contributed by atoms with E-state index >= 15 is 0 Å².